The first-order valence-electron chi connectivity index (χ1n) is 12.5. The van der Waals surface area contributed by atoms with Crippen LogP contribution in [0.25, 0.3) is 16.9 Å². The van der Waals surface area contributed by atoms with Crippen LogP contribution in [0.2, 0.25) is 5.02 Å². The molecule has 0 radical (unpaired) electrons. The zero-order valence-electron chi connectivity index (χ0n) is 21.1. The summed E-state index contributed by atoms with van der Waals surface area (Å²) >= 11 is 6.19. The molecule has 8 nitrogen and oxygen atoms in total. The number of hydrogen-bond acceptors (Lipinski definition) is 5. The zero-order chi connectivity index (χ0) is 28.3. The van der Waals surface area contributed by atoms with E-state index < -0.39 is 29.1 Å². The van der Waals surface area contributed by atoms with Gasteiger partial charge in [-0.3, -0.25) is 14.6 Å². The summed E-state index contributed by atoms with van der Waals surface area (Å²) in [7, 11) is 0. The lowest BCUT2D eigenvalue weighted by Crippen LogP contribution is -2.49. The molecule has 1 atom stereocenters. The third-order valence-electron chi connectivity index (χ3n) is 6.49. The Morgan fingerprint density at radius 2 is 1.85 bits per heavy atom. The van der Waals surface area contributed by atoms with Gasteiger partial charge in [0.15, 0.2) is 5.69 Å². The maximum absolute atomic E-state index is 15.0. The number of nitrogens with one attached hydrogen (secondary N) is 3. The highest BCUT2D eigenvalue weighted by atomic mass is 35.5. The van der Waals surface area contributed by atoms with Crippen molar-refractivity contribution in [1.82, 2.24) is 25.4 Å². The number of amides is 2. The number of rotatable bonds is 7. The van der Waals surface area contributed by atoms with E-state index in [1.54, 1.807) is 30.3 Å². The molecule has 5 rings (SSSR count). The molecule has 3 N–H and O–H groups in total. The van der Waals surface area contributed by atoms with E-state index in [4.69, 9.17) is 11.6 Å². The van der Waals surface area contributed by atoms with Crippen LogP contribution in [-0.2, 0) is 0 Å². The van der Waals surface area contributed by atoms with Gasteiger partial charge in [0.05, 0.1) is 22.8 Å². The Kier molecular flexibility index (Phi) is 7.85. The third kappa shape index (κ3) is 5.85. The number of carbonyl (C=O) groups is 2. The molecule has 0 bridgehead atoms. The second-order valence-corrected chi connectivity index (χ2v) is 9.78. The molecule has 1 fully saturated rings. The van der Waals surface area contributed by atoms with Crippen molar-refractivity contribution in [2.75, 3.05) is 25.0 Å². The lowest BCUT2D eigenvalue weighted by atomic mass is 9.96. The first kappa shape index (κ1) is 27.4. The molecule has 1 saturated heterocycles. The minimum absolute atomic E-state index is 0.0621. The van der Waals surface area contributed by atoms with E-state index in [0.717, 1.165) is 24.7 Å². The molecule has 2 aromatic heterocycles. The monoisotopic (exact) mass is 568 g/mol. The van der Waals surface area contributed by atoms with E-state index in [9.17, 15) is 22.8 Å². The molecular weight excluding hydrogens is 545 g/mol. The summed E-state index contributed by atoms with van der Waals surface area (Å²) in [4.78, 5) is 30.1. The second kappa shape index (κ2) is 11.5. The van der Waals surface area contributed by atoms with Crippen molar-refractivity contribution in [3.05, 3.63) is 94.8 Å². The van der Waals surface area contributed by atoms with Crippen LogP contribution in [0.15, 0.2) is 66.9 Å². The van der Waals surface area contributed by atoms with Crippen molar-refractivity contribution < 1.29 is 22.8 Å². The Labute approximate surface area is 232 Å². The van der Waals surface area contributed by atoms with Crippen LogP contribution in [0, 0.1) is 11.6 Å². The zero-order valence-corrected chi connectivity index (χ0v) is 21.8. The van der Waals surface area contributed by atoms with Crippen LogP contribution < -0.4 is 16.0 Å². The van der Waals surface area contributed by atoms with E-state index in [1.807, 2.05) is 0 Å². The summed E-state index contributed by atoms with van der Waals surface area (Å²) in [6, 6.07) is 14.5. The number of anilines is 1. The van der Waals surface area contributed by atoms with Gasteiger partial charge in [-0.15, -0.1) is 0 Å². The van der Waals surface area contributed by atoms with Gasteiger partial charge in [0, 0.05) is 24.4 Å². The normalized spacial score (nSPS) is 16.9. The average molecular weight is 569 g/mol. The Morgan fingerprint density at radius 3 is 2.58 bits per heavy atom. The van der Waals surface area contributed by atoms with Gasteiger partial charge in [0.2, 0.25) is 0 Å². The molecule has 1 aliphatic rings. The van der Waals surface area contributed by atoms with E-state index in [1.165, 1.54) is 23.0 Å². The van der Waals surface area contributed by atoms with Crippen molar-refractivity contribution in [3.63, 3.8) is 0 Å². The molecule has 4 aromatic rings. The molecule has 0 aliphatic carbocycles. The molecule has 1 aliphatic heterocycles. The fraction of sp³-hybridized carbons (Fsp3) is 0.214. The molecule has 2 aromatic carbocycles. The van der Waals surface area contributed by atoms with Crippen molar-refractivity contribution in [3.8, 4) is 16.9 Å². The van der Waals surface area contributed by atoms with Gasteiger partial charge in [-0.25, -0.2) is 17.9 Å². The molecule has 12 heteroatoms. The predicted molar refractivity (Wildman–Crippen MR) is 144 cm³/mol. The molecule has 1 unspecified atom stereocenters. The number of para-hydroxylation sites is 1. The topological polar surface area (TPSA) is 101 Å². The lowest BCUT2D eigenvalue weighted by Gasteiger charge is -2.30. The SMILES string of the molecule is O=C(NCC1(F)CCCNC1)c1cc(NC(=O)c2cc(-c3ncccc3F)c(F)cc2Cl)n(-c2ccccc2)n1. The number of carbonyl (C=O) groups excluding carboxylic acids is 2. The minimum atomic E-state index is -1.57. The number of alkyl halides is 1. The lowest BCUT2D eigenvalue weighted by molar-refractivity contribution is 0.0847. The number of aromatic nitrogens is 3. The first-order chi connectivity index (χ1) is 19.2. The largest absolute Gasteiger partial charge is 0.347 e. The van der Waals surface area contributed by atoms with E-state index >= 15 is 0 Å². The van der Waals surface area contributed by atoms with Crippen LogP contribution >= 0.6 is 11.6 Å². The van der Waals surface area contributed by atoms with Crippen molar-refractivity contribution in [1.29, 1.82) is 0 Å². The maximum Gasteiger partial charge on any atom is 0.271 e. The number of nitrogens with zero attached hydrogens (tertiary/aromatic N) is 3. The standard InChI is InChI=1S/C28H24ClF3N6O2/c29-20-13-22(31)19(25-21(30)8-4-11-34-25)12-18(20)26(39)36-24-14-23(37-38(24)17-6-2-1-3-7-17)27(40)35-16-28(32)9-5-10-33-15-28/h1-4,6-8,11-14,33H,5,9-10,15-16H2,(H,35,40)(H,36,39). The maximum atomic E-state index is 15.0. The van der Waals surface area contributed by atoms with Gasteiger partial charge in [-0.2, -0.15) is 5.10 Å². The first-order valence-corrected chi connectivity index (χ1v) is 12.9. The van der Waals surface area contributed by atoms with Gasteiger partial charge in [-0.05, 0) is 55.8 Å². The van der Waals surface area contributed by atoms with Crippen LogP contribution in [0.1, 0.15) is 33.7 Å². The molecule has 0 saturated carbocycles. The van der Waals surface area contributed by atoms with Crippen LogP contribution in [-0.4, -0.2) is 51.9 Å². The van der Waals surface area contributed by atoms with Crippen molar-refractivity contribution in [2.45, 2.75) is 18.5 Å². The summed E-state index contributed by atoms with van der Waals surface area (Å²) in [5, 5.41) is 12.3. The summed E-state index contributed by atoms with van der Waals surface area (Å²) in [6.45, 7) is 0.660. The van der Waals surface area contributed by atoms with E-state index in [-0.39, 0.29) is 46.4 Å². The number of pyridine rings is 1. The van der Waals surface area contributed by atoms with Gasteiger partial charge < -0.3 is 16.0 Å². The number of hydrogen-bond donors (Lipinski definition) is 3. The summed E-state index contributed by atoms with van der Waals surface area (Å²) in [5.41, 5.74) is -1.79. The van der Waals surface area contributed by atoms with Crippen molar-refractivity contribution >= 4 is 29.2 Å². The molecular formula is C28H24ClF3N6O2. The molecule has 3 heterocycles. The van der Waals surface area contributed by atoms with Crippen LogP contribution in [0.3, 0.4) is 0 Å². The summed E-state index contributed by atoms with van der Waals surface area (Å²) < 4.78 is 45.3. The predicted octanol–water partition coefficient (Wildman–Crippen LogP) is 4.94. The Bertz CT molecular complexity index is 1560. The Hall–Kier alpha value is -4.22. The molecule has 206 valence electrons. The average Bonchev–Trinajstić information content (AvgIpc) is 3.37. The molecule has 0 spiro atoms. The van der Waals surface area contributed by atoms with Crippen LogP contribution in [0.4, 0.5) is 19.0 Å². The molecule has 2 amide bonds. The number of benzene rings is 2. The number of halogens is 4. The van der Waals surface area contributed by atoms with E-state index in [0.29, 0.717) is 18.5 Å². The van der Waals surface area contributed by atoms with Gasteiger partial charge in [-0.1, -0.05) is 29.8 Å². The van der Waals surface area contributed by atoms with Crippen LogP contribution in [0.5, 0.6) is 0 Å². The second-order valence-electron chi connectivity index (χ2n) is 9.38. The summed E-state index contributed by atoms with van der Waals surface area (Å²) in [6.07, 6.45) is 2.28. The summed E-state index contributed by atoms with van der Waals surface area (Å²) in [5.74, 6) is -2.91. The molecule has 40 heavy (non-hydrogen) atoms. The minimum Gasteiger partial charge on any atom is -0.347 e. The highest BCUT2D eigenvalue weighted by Crippen LogP contribution is 2.30. The highest BCUT2D eigenvalue weighted by Gasteiger charge is 2.32. The van der Waals surface area contributed by atoms with Gasteiger partial charge in [0.1, 0.15) is 28.8 Å². The third-order valence-corrected chi connectivity index (χ3v) is 6.80. The fourth-order valence-corrected chi connectivity index (χ4v) is 4.67. The van der Waals surface area contributed by atoms with Gasteiger partial charge >= 0.3 is 0 Å². The fourth-order valence-electron chi connectivity index (χ4n) is 4.43. The van der Waals surface area contributed by atoms with Crippen molar-refractivity contribution in [2.24, 2.45) is 0 Å². The highest BCUT2D eigenvalue weighted by molar-refractivity contribution is 6.34. The Morgan fingerprint density at radius 1 is 1.05 bits per heavy atom. The smallest absolute Gasteiger partial charge is 0.271 e. The van der Waals surface area contributed by atoms with E-state index in [2.05, 4.69) is 26.0 Å². The van der Waals surface area contributed by atoms with Gasteiger partial charge in [0.25, 0.3) is 11.8 Å². The quantitative estimate of drug-likeness (QED) is 0.293. The Balaban J connectivity index is 1.44. The number of piperidine rings is 1.